The Bertz CT molecular complexity index is 771. The van der Waals surface area contributed by atoms with Crippen molar-refractivity contribution >= 4 is 17.4 Å². The molecule has 7 heteroatoms. The number of aryl methyl sites for hydroxylation is 1. The lowest BCUT2D eigenvalue weighted by Crippen LogP contribution is -1.96. The van der Waals surface area contributed by atoms with Gasteiger partial charge in [0.25, 0.3) is 0 Å². The Hall–Kier alpha value is -2.15. The third-order valence-electron chi connectivity index (χ3n) is 2.90. The maximum atomic E-state index is 10.1. The number of rotatable bonds is 3. The highest BCUT2D eigenvalue weighted by atomic mass is 32.2. The molecule has 0 aliphatic carbocycles. The van der Waals surface area contributed by atoms with E-state index >= 15 is 0 Å². The third kappa shape index (κ3) is 2.20. The van der Waals surface area contributed by atoms with Gasteiger partial charge in [-0.25, -0.2) is 15.0 Å². The van der Waals surface area contributed by atoms with Gasteiger partial charge < -0.3 is 5.11 Å². The average molecular weight is 287 g/mol. The monoisotopic (exact) mass is 287 g/mol. The van der Waals surface area contributed by atoms with Crippen LogP contribution in [0.4, 0.5) is 0 Å². The molecule has 0 aromatic carbocycles. The Kier molecular flexibility index (Phi) is 3.27. The molecule has 0 atom stereocenters. The highest BCUT2D eigenvalue weighted by Crippen LogP contribution is 2.23. The van der Waals surface area contributed by atoms with Crippen molar-refractivity contribution in [1.29, 1.82) is 0 Å². The molecule has 3 aromatic heterocycles. The summed E-state index contributed by atoms with van der Waals surface area (Å²) in [5.74, 6) is 0.0500. The Morgan fingerprint density at radius 1 is 1.25 bits per heavy atom. The molecule has 0 saturated heterocycles. The smallest absolute Gasteiger partial charge is 0.216 e. The summed E-state index contributed by atoms with van der Waals surface area (Å²) in [6, 6.07) is 5.20. The Balaban J connectivity index is 2.15. The zero-order chi connectivity index (χ0) is 14.1. The minimum atomic E-state index is 0.0500. The summed E-state index contributed by atoms with van der Waals surface area (Å²) in [7, 11) is 0. The van der Waals surface area contributed by atoms with Gasteiger partial charge in [0.05, 0.1) is 17.1 Å². The lowest BCUT2D eigenvalue weighted by atomic mass is 10.3. The van der Waals surface area contributed by atoms with Crippen LogP contribution in [0.1, 0.15) is 12.6 Å². The molecule has 0 radical (unpaired) electrons. The van der Waals surface area contributed by atoms with Crippen molar-refractivity contribution in [2.75, 3.05) is 6.26 Å². The Morgan fingerprint density at radius 2 is 2.10 bits per heavy atom. The number of aromatic nitrogens is 5. The van der Waals surface area contributed by atoms with Gasteiger partial charge in [-0.2, -0.15) is 9.61 Å². The molecule has 0 amide bonds. The molecule has 20 heavy (non-hydrogen) atoms. The van der Waals surface area contributed by atoms with E-state index in [9.17, 15) is 5.11 Å². The summed E-state index contributed by atoms with van der Waals surface area (Å²) in [6.07, 6.45) is 4.39. The van der Waals surface area contributed by atoms with E-state index in [0.717, 1.165) is 12.1 Å². The predicted molar refractivity (Wildman–Crippen MR) is 76.8 cm³/mol. The maximum absolute atomic E-state index is 10.1. The first-order chi connectivity index (χ1) is 9.71. The van der Waals surface area contributed by atoms with Crippen LogP contribution in [-0.2, 0) is 6.42 Å². The molecular formula is C13H13N5OS. The molecule has 0 aliphatic heterocycles. The van der Waals surface area contributed by atoms with Crippen LogP contribution in [-0.4, -0.2) is 35.9 Å². The molecule has 0 spiro atoms. The van der Waals surface area contributed by atoms with E-state index in [2.05, 4.69) is 20.1 Å². The number of thioether (sulfide) groups is 1. The molecule has 3 aromatic rings. The first-order valence-electron chi connectivity index (χ1n) is 6.17. The molecule has 1 N–H and O–H groups in total. The van der Waals surface area contributed by atoms with E-state index in [4.69, 9.17) is 0 Å². The average Bonchev–Trinajstić information content (AvgIpc) is 2.91. The molecule has 0 fully saturated rings. The van der Waals surface area contributed by atoms with Gasteiger partial charge in [-0.15, -0.1) is 0 Å². The molecule has 0 unspecified atom stereocenters. The summed E-state index contributed by atoms with van der Waals surface area (Å²) in [4.78, 5) is 13.0. The van der Waals surface area contributed by atoms with Gasteiger partial charge in [0.1, 0.15) is 0 Å². The van der Waals surface area contributed by atoms with Gasteiger partial charge in [-0.05, 0) is 18.7 Å². The second kappa shape index (κ2) is 5.09. The Morgan fingerprint density at radius 3 is 2.85 bits per heavy atom. The van der Waals surface area contributed by atoms with Gasteiger partial charge in [-0.1, -0.05) is 18.7 Å². The third-order valence-corrected chi connectivity index (χ3v) is 3.46. The fourth-order valence-electron chi connectivity index (χ4n) is 1.89. The van der Waals surface area contributed by atoms with Crippen molar-refractivity contribution in [2.24, 2.45) is 0 Å². The summed E-state index contributed by atoms with van der Waals surface area (Å²) < 4.78 is 1.43. The van der Waals surface area contributed by atoms with E-state index in [1.54, 1.807) is 18.3 Å². The first-order valence-corrected chi connectivity index (χ1v) is 7.40. The van der Waals surface area contributed by atoms with Crippen molar-refractivity contribution in [3.8, 4) is 17.3 Å². The van der Waals surface area contributed by atoms with E-state index in [0.29, 0.717) is 22.2 Å². The van der Waals surface area contributed by atoms with Crippen molar-refractivity contribution in [2.45, 2.75) is 18.5 Å². The van der Waals surface area contributed by atoms with Crippen molar-refractivity contribution in [3.63, 3.8) is 0 Å². The quantitative estimate of drug-likeness (QED) is 0.588. The molecule has 0 saturated carbocycles. The fraction of sp³-hybridized carbons (Fsp3) is 0.231. The van der Waals surface area contributed by atoms with Crippen LogP contribution in [0.5, 0.6) is 5.88 Å². The second-order valence-electron chi connectivity index (χ2n) is 4.19. The van der Waals surface area contributed by atoms with Gasteiger partial charge in [0, 0.05) is 18.3 Å². The largest absolute Gasteiger partial charge is 0.493 e. The van der Waals surface area contributed by atoms with Crippen LogP contribution in [0, 0.1) is 0 Å². The second-order valence-corrected chi connectivity index (χ2v) is 4.96. The predicted octanol–water partition coefficient (Wildman–Crippen LogP) is 2.18. The van der Waals surface area contributed by atoms with E-state index < -0.39 is 0 Å². The van der Waals surface area contributed by atoms with Crippen LogP contribution >= 0.6 is 11.8 Å². The van der Waals surface area contributed by atoms with Gasteiger partial charge in [0.2, 0.25) is 5.88 Å². The molecule has 0 aliphatic rings. The van der Waals surface area contributed by atoms with Crippen LogP contribution in [0.2, 0.25) is 0 Å². The van der Waals surface area contributed by atoms with Crippen LogP contribution in [0.15, 0.2) is 29.6 Å². The molecular weight excluding hydrogens is 274 g/mol. The number of hydrogen-bond acceptors (Lipinski definition) is 6. The van der Waals surface area contributed by atoms with Crippen LogP contribution in [0.25, 0.3) is 17.0 Å². The summed E-state index contributed by atoms with van der Waals surface area (Å²) in [6.45, 7) is 2.01. The minimum absolute atomic E-state index is 0.0500. The van der Waals surface area contributed by atoms with Crippen molar-refractivity contribution in [3.05, 3.63) is 30.1 Å². The van der Waals surface area contributed by atoms with E-state index in [1.165, 1.54) is 16.3 Å². The van der Waals surface area contributed by atoms with Crippen LogP contribution in [0.3, 0.4) is 0 Å². The minimum Gasteiger partial charge on any atom is -0.493 e. The Labute approximate surface area is 119 Å². The lowest BCUT2D eigenvalue weighted by Gasteiger charge is -2.03. The summed E-state index contributed by atoms with van der Waals surface area (Å²) >= 11 is 1.46. The van der Waals surface area contributed by atoms with Crippen molar-refractivity contribution < 1.29 is 5.11 Å². The van der Waals surface area contributed by atoms with E-state index in [1.807, 2.05) is 19.2 Å². The molecule has 102 valence electrons. The molecule has 3 rings (SSSR count). The SMILES string of the molecule is CCc1cc2nc(-c3ccnc(SC)n3)cc(O)n2n1. The topological polar surface area (TPSA) is 76.2 Å². The van der Waals surface area contributed by atoms with Gasteiger partial charge >= 0.3 is 0 Å². The lowest BCUT2D eigenvalue weighted by molar-refractivity contribution is 0.435. The molecule has 0 bridgehead atoms. The molecule has 3 heterocycles. The molecule has 6 nitrogen and oxygen atoms in total. The summed E-state index contributed by atoms with van der Waals surface area (Å²) in [5.41, 5.74) is 2.79. The zero-order valence-corrected chi connectivity index (χ0v) is 11.9. The number of nitrogens with zero attached hydrogens (tertiary/aromatic N) is 5. The highest BCUT2D eigenvalue weighted by molar-refractivity contribution is 7.98. The maximum Gasteiger partial charge on any atom is 0.216 e. The van der Waals surface area contributed by atoms with E-state index in [-0.39, 0.29) is 5.88 Å². The number of fused-ring (bicyclic) bond motifs is 1. The first kappa shape index (κ1) is 12.9. The van der Waals surface area contributed by atoms with Crippen LogP contribution < -0.4 is 0 Å². The number of aromatic hydroxyl groups is 1. The zero-order valence-electron chi connectivity index (χ0n) is 11.1. The van der Waals surface area contributed by atoms with Crippen molar-refractivity contribution in [1.82, 2.24) is 24.6 Å². The standard InChI is InChI=1S/C13H13N5OS/c1-3-8-6-11-15-10(7-12(19)18(11)17-8)9-4-5-14-13(16-9)20-2/h4-7,19H,3H2,1-2H3. The highest BCUT2D eigenvalue weighted by Gasteiger charge is 2.11. The van der Waals surface area contributed by atoms with Gasteiger partial charge in [-0.3, -0.25) is 0 Å². The number of hydrogen-bond donors (Lipinski definition) is 1. The fourth-order valence-corrected chi connectivity index (χ4v) is 2.25. The van der Waals surface area contributed by atoms with Gasteiger partial charge in [0.15, 0.2) is 10.8 Å². The summed E-state index contributed by atoms with van der Waals surface area (Å²) in [5, 5.41) is 15.0. The normalized spacial score (nSPS) is 11.1.